The van der Waals surface area contributed by atoms with Gasteiger partial charge in [-0.25, -0.2) is 0 Å². The first-order valence-electron chi connectivity index (χ1n) is 8.20. The molecular weight excluding hydrogens is 306 g/mol. The highest BCUT2D eigenvalue weighted by molar-refractivity contribution is 6.03. The highest BCUT2D eigenvalue weighted by atomic mass is 16.2. The Balaban J connectivity index is 2.02. The molecule has 0 aromatic heterocycles. The molecule has 6 nitrogen and oxygen atoms in total. The van der Waals surface area contributed by atoms with Crippen molar-refractivity contribution in [2.45, 2.75) is 39.2 Å². The number of nitrogens with two attached hydrogens (primary N) is 1. The second-order valence-electron chi connectivity index (χ2n) is 6.94. The lowest BCUT2D eigenvalue weighted by molar-refractivity contribution is -0.125. The summed E-state index contributed by atoms with van der Waals surface area (Å²) in [6.45, 7) is 6.33. The van der Waals surface area contributed by atoms with Crippen molar-refractivity contribution in [2.75, 3.05) is 6.54 Å². The maximum absolute atomic E-state index is 12.4. The Hall–Kier alpha value is -2.21. The third-order valence-electron chi connectivity index (χ3n) is 4.86. The largest absolute Gasteiger partial charge is 0.345 e. The fourth-order valence-electron chi connectivity index (χ4n) is 2.61. The van der Waals surface area contributed by atoms with E-state index in [1.165, 1.54) is 0 Å². The summed E-state index contributed by atoms with van der Waals surface area (Å²) in [5, 5.41) is 5.30. The van der Waals surface area contributed by atoms with Crippen molar-refractivity contribution in [1.82, 2.24) is 10.6 Å². The molecule has 1 aliphatic heterocycles. The number of rotatable bonds is 6. The molecule has 0 spiro atoms. The fraction of sp³-hybridized carbons (Fsp3) is 0.500. The minimum absolute atomic E-state index is 0.169. The molecule has 1 aromatic rings. The quantitative estimate of drug-likeness (QED) is 0.677. The monoisotopic (exact) mass is 331 g/mol. The summed E-state index contributed by atoms with van der Waals surface area (Å²) in [5.74, 6) is -0.729. The van der Waals surface area contributed by atoms with Crippen LogP contribution in [0.15, 0.2) is 24.3 Å². The van der Waals surface area contributed by atoms with Gasteiger partial charge in [-0.2, -0.15) is 0 Å². The van der Waals surface area contributed by atoms with Crippen molar-refractivity contribution in [1.29, 1.82) is 0 Å². The normalized spacial score (nSPS) is 20.0. The molecule has 4 N–H and O–H groups in total. The van der Waals surface area contributed by atoms with Gasteiger partial charge in [-0.1, -0.05) is 26.0 Å². The summed E-state index contributed by atoms with van der Waals surface area (Å²) in [5.41, 5.74) is 6.80. The van der Waals surface area contributed by atoms with Gasteiger partial charge in [-0.05, 0) is 37.0 Å². The maximum Gasteiger partial charge on any atom is 0.251 e. The third kappa shape index (κ3) is 4.00. The van der Waals surface area contributed by atoms with Crippen LogP contribution in [0.1, 0.15) is 43.1 Å². The molecule has 3 amide bonds. The van der Waals surface area contributed by atoms with E-state index in [0.717, 1.165) is 5.56 Å². The number of carbonyl (C=O) groups excluding carboxylic acids is 3. The Morgan fingerprint density at radius 3 is 2.42 bits per heavy atom. The zero-order chi connectivity index (χ0) is 17.9. The zero-order valence-corrected chi connectivity index (χ0v) is 14.4. The lowest BCUT2D eigenvalue weighted by Gasteiger charge is -2.33. The van der Waals surface area contributed by atoms with Crippen molar-refractivity contribution < 1.29 is 14.4 Å². The molecule has 0 radical (unpaired) electrons. The standard InChI is InChI=1S/C18H25N3O3/c1-11(2)18(3,10-19)21-17(24)13-6-4-12(5-7-13)8-14-9-15(22)20-16(14)23/h4-7,11,14H,8-10,19H2,1-3H3,(H,21,24)(H,20,22,23). The minimum atomic E-state index is -0.460. The summed E-state index contributed by atoms with van der Waals surface area (Å²) >= 11 is 0. The number of hydrogen-bond acceptors (Lipinski definition) is 4. The maximum atomic E-state index is 12.4. The molecule has 1 aliphatic rings. The van der Waals surface area contributed by atoms with Crippen LogP contribution < -0.4 is 16.4 Å². The fourth-order valence-corrected chi connectivity index (χ4v) is 2.61. The lowest BCUT2D eigenvalue weighted by atomic mass is 9.88. The molecule has 24 heavy (non-hydrogen) atoms. The first-order chi connectivity index (χ1) is 11.2. The molecule has 130 valence electrons. The zero-order valence-electron chi connectivity index (χ0n) is 14.4. The van der Waals surface area contributed by atoms with E-state index in [1.807, 2.05) is 32.9 Å². The number of hydrogen-bond donors (Lipinski definition) is 3. The molecule has 6 heteroatoms. The molecule has 2 rings (SSSR count). The van der Waals surface area contributed by atoms with E-state index in [0.29, 0.717) is 18.5 Å². The van der Waals surface area contributed by atoms with Gasteiger partial charge < -0.3 is 11.1 Å². The molecule has 1 saturated heterocycles. The Kier molecular flexibility index (Phi) is 5.39. The Morgan fingerprint density at radius 2 is 1.96 bits per heavy atom. The van der Waals surface area contributed by atoms with Gasteiger partial charge in [-0.3, -0.25) is 19.7 Å². The van der Waals surface area contributed by atoms with E-state index in [9.17, 15) is 14.4 Å². The van der Waals surface area contributed by atoms with E-state index in [-0.39, 0.29) is 36.0 Å². The SMILES string of the molecule is CC(C)C(C)(CN)NC(=O)c1ccc(CC2CC(=O)NC2=O)cc1. The summed E-state index contributed by atoms with van der Waals surface area (Å²) < 4.78 is 0. The van der Waals surface area contributed by atoms with Gasteiger partial charge in [0.2, 0.25) is 11.8 Å². The van der Waals surface area contributed by atoms with Gasteiger partial charge in [0.25, 0.3) is 5.91 Å². The van der Waals surface area contributed by atoms with Crippen molar-refractivity contribution in [3.8, 4) is 0 Å². The van der Waals surface area contributed by atoms with Crippen LogP contribution in [-0.4, -0.2) is 29.8 Å². The first kappa shape index (κ1) is 18.1. The Labute approximate surface area is 142 Å². The van der Waals surface area contributed by atoms with Gasteiger partial charge in [-0.15, -0.1) is 0 Å². The number of benzene rings is 1. The Bertz CT molecular complexity index is 639. The molecule has 2 atom stereocenters. The topological polar surface area (TPSA) is 101 Å². The van der Waals surface area contributed by atoms with Gasteiger partial charge in [0.15, 0.2) is 0 Å². The molecule has 0 bridgehead atoms. The number of nitrogens with one attached hydrogen (secondary N) is 2. The predicted molar refractivity (Wildman–Crippen MR) is 91.2 cm³/mol. The van der Waals surface area contributed by atoms with Crippen molar-refractivity contribution in [3.05, 3.63) is 35.4 Å². The second kappa shape index (κ2) is 7.13. The molecular formula is C18H25N3O3. The van der Waals surface area contributed by atoms with E-state index >= 15 is 0 Å². The second-order valence-corrected chi connectivity index (χ2v) is 6.94. The van der Waals surface area contributed by atoms with Crippen LogP contribution in [0.25, 0.3) is 0 Å². The molecule has 1 heterocycles. The van der Waals surface area contributed by atoms with Crippen LogP contribution in [0.5, 0.6) is 0 Å². The van der Waals surface area contributed by atoms with Crippen LogP contribution in [0, 0.1) is 11.8 Å². The average Bonchev–Trinajstić information content (AvgIpc) is 2.85. The van der Waals surface area contributed by atoms with E-state index < -0.39 is 5.54 Å². The van der Waals surface area contributed by atoms with Crippen molar-refractivity contribution in [2.24, 2.45) is 17.6 Å². The highest BCUT2D eigenvalue weighted by Crippen LogP contribution is 2.19. The van der Waals surface area contributed by atoms with Crippen LogP contribution in [0.2, 0.25) is 0 Å². The number of imide groups is 1. The molecule has 0 aliphatic carbocycles. The summed E-state index contributed by atoms with van der Waals surface area (Å²) in [6.07, 6.45) is 0.719. The number of amides is 3. The lowest BCUT2D eigenvalue weighted by Crippen LogP contribution is -2.55. The van der Waals surface area contributed by atoms with E-state index in [1.54, 1.807) is 12.1 Å². The van der Waals surface area contributed by atoms with Crippen LogP contribution in [0.4, 0.5) is 0 Å². The molecule has 0 saturated carbocycles. The summed E-state index contributed by atoms with van der Waals surface area (Å²) in [6, 6.07) is 7.10. The van der Waals surface area contributed by atoms with Crippen LogP contribution in [0.3, 0.4) is 0 Å². The molecule has 1 fully saturated rings. The van der Waals surface area contributed by atoms with Gasteiger partial charge >= 0.3 is 0 Å². The van der Waals surface area contributed by atoms with E-state index in [4.69, 9.17) is 5.73 Å². The molecule has 2 unspecified atom stereocenters. The molecule has 1 aromatic carbocycles. The predicted octanol–water partition coefficient (Wildman–Crippen LogP) is 0.995. The van der Waals surface area contributed by atoms with Crippen molar-refractivity contribution >= 4 is 17.7 Å². The smallest absolute Gasteiger partial charge is 0.251 e. The summed E-state index contributed by atoms with van der Waals surface area (Å²) in [7, 11) is 0. The minimum Gasteiger partial charge on any atom is -0.345 e. The first-order valence-corrected chi connectivity index (χ1v) is 8.20. The third-order valence-corrected chi connectivity index (χ3v) is 4.86. The highest BCUT2D eigenvalue weighted by Gasteiger charge is 2.31. The van der Waals surface area contributed by atoms with Gasteiger partial charge in [0, 0.05) is 18.5 Å². The summed E-state index contributed by atoms with van der Waals surface area (Å²) in [4.78, 5) is 35.2. The van der Waals surface area contributed by atoms with Crippen molar-refractivity contribution in [3.63, 3.8) is 0 Å². The van der Waals surface area contributed by atoms with Crippen LogP contribution >= 0.6 is 0 Å². The van der Waals surface area contributed by atoms with Gasteiger partial charge in [0.05, 0.1) is 11.5 Å². The van der Waals surface area contributed by atoms with Crippen LogP contribution in [-0.2, 0) is 16.0 Å². The van der Waals surface area contributed by atoms with Gasteiger partial charge in [0.1, 0.15) is 0 Å². The average molecular weight is 331 g/mol. The Morgan fingerprint density at radius 1 is 1.33 bits per heavy atom. The van der Waals surface area contributed by atoms with E-state index in [2.05, 4.69) is 10.6 Å². The number of carbonyl (C=O) groups is 3.